The van der Waals surface area contributed by atoms with Crippen molar-refractivity contribution in [3.63, 3.8) is 0 Å². The van der Waals surface area contributed by atoms with Gasteiger partial charge in [0, 0.05) is 45.2 Å². The molecule has 0 saturated carbocycles. The van der Waals surface area contributed by atoms with Crippen LogP contribution in [0.1, 0.15) is 23.2 Å². The molecule has 0 bridgehead atoms. The summed E-state index contributed by atoms with van der Waals surface area (Å²) in [4.78, 5) is 16.3. The van der Waals surface area contributed by atoms with Gasteiger partial charge in [-0.15, -0.1) is 0 Å². The minimum Gasteiger partial charge on any atom is -0.396 e. The third-order valence-corrected chi connectivity index (χ3v) is 5.31. The van der Waals surface area contributed by atoms with Gasteiger partial charge in [0.2, 0.25) is 0 Å². The van der Waals surface area contributed by atoms with Crippen molar-refractivity contribution in [3.05, 3.63) is 35.4 Å². The van der Waals surface area contributed by atoms with Crippen LogP contribution in [0.4, 0.5) is 8.78 Å². The Morgan fingerprint density at radius 1 is 1.16 bits per heavy atom. The number of nitrogens with zero attached hydrogens (tertiary/aromatic N) is 2. The molecule has 5 nitrogen and oxygen atoms in total. The van der Waals surface area contributed by atoms with Crippen molar-refractivity contribution < 1.29 is 23.8 Å². The molecule has 1 aromatic rings. The lowest BCUT2D eigenvalue weighted by atomic mass is 9.95. The summed E-state index contributed by atoms with van der Waals surface area (Å²) in [5.74, 6) is -1.91. The molecular weight excluding hydrogens is 330 g/mol. The van der Waals surface area contributed by atoms with Crippen molar-refractivity contribution in [1.82, 2.24) is 9.80 Å². The minimum absolute atomic E-state index is 0.0451. The summed E-state index contributed by atoms with van der Waals surface area (Å²) >= 11 is 0. The number of hydrogen-bond acceptors (Lipinski definition) is 4. The van der Waals surface area contributed by atoms with E-state index in [-0.39, 0.29) is 30.1 Å². The third-order valence-electron chi connectivity index (χ3n) is 5.31. The highest BCUT2D eigenvalue weighted by atomic mass is 19.1. The fourth-order valence-corrected chi connectivity index (χ4v) is 3.78. The van der Waals surface area contributed by atoms with E-state index in [0.717, 1.165) is 50.7 Å². The predicted octanol–water partition coefficient (Wildman–Crippen LogP) is 1.10. The topological polar surface area (TPSA) is 64.0 Å². The Morgan fingerprint density at radius 2 is 1.84 bits per heavy atom. The summed E-state index contributed by atoms with van der Waals surface area (Å²) in [7, 11) is 0. The highest BCUT2D eigenvalue weighted by Crippen LogP contribution is 2.27. The Kier molecular flexibility index (Phi) is 5.66. The van der Waals surface area contributed by atoms with Crippen molar-refractivity contribution in [2.75, 3.05) is 39.3 Å². The SMILES string of the molecule is O=C(c1cc(F)ccc1F)N1C[C@@H](CN2CCC(O)CC2)[C@@H](CO)C1. The summed E-state index contributed by atoms with van der Waals surface area (Å²) in [6.07, 6.45) is 1.21. The number of aliphatic hydroxyl groups excluding tert-OH is 2. The molecule has 0 aliphatic carbocycles. The molecule has 0 spiro atoms. The van der Waals surface area contributed by atoms with Gasteiger partial charge in [-0.25, -0.2) is 8.78 Å². The molecule has 2 atom stereocenters. The van der Waals surface area contributed by atoms with E-state index in [1.165, 1.54) is 4.90 Å². The number of halogens is 2. The van der Waals surface area contributed by atoms with Crippen LogP contribution < -0.4 is 0 Å². The lowest BCUT2D eigenvalue weighted by Crippen LogP contribution is -2.40. The fraction of sp³-hybridized carbons (Fsp3) is 0.611. The van der Waals surface area contributed by atoms with Gasteiger partial charge in [0.05, 0.1) is 11.7 Å². The second-order valence-corrected chi connectivity index (χ2v) is 7.07. The number of rotatable bonds is 4. The number of aliphatic hydroxyl groups is 2. The molecule has 0 radical (unpaired) electrons. The van der Waals surface area contributed by atoms with Gasteiger partial charge in [-0.2, -0.15) is 0 Å². The highest BCUT2D eigenvalue weighted by molar-refractivity contribution is 5.94. The smallest absolute Gasteiger partial charge is 0.256 e. The van der Waals surface area contributed by atoms with Crippen molar-refractivity contribution in [2.24, 2.45) is 11.8 Å². The van der Waals surface area contributed by atoms with Crippen LogP contribution in [-0.2, 0) is 0 Å². The Labute approximate surface area is 145 Å². The first kappa shape index (κ1) is 18.2. The van der Waals surface area contributed by atoms with Crippen molar-refractivity contribution in [2.45, 2.75) is 18.9 Å². The minimum atomic E-state index is -0.736. The molecule has 0 aromatic heterocycles. The van der Waals surface area contributed by atoms with Crippen LogP contribution in [0.3, 0.4) is 0 Å². The Morgan fingerprint density at radius 3 is 2.52 bits per heavy atom. The second-order valence-electron chi connectivity index (χ2n) is 7.07. The van der Waals surface area contributed by atoms with Crippen molar-refractivity contribution >= 4 is 5.91 Å². The molecule has 25 heavy (non-hydrogen) atoms. The average Bonchev–Trinajstić information content (AvgIpc) is 3.01. The van der Waals surface area contributed by atoms with Gasteiger partial charge >= 0.3 is 0 Å². The number of carbonyl (C=O) groups is 1. The molecule has 7 heteroatoms. The molecule has 3 rings (SSSR count). The first-order valence-electron chi connectivity index (χ1n) is 8.73. The van der Waals surface area contributed by atoms with Gasteiger partial charge < -0.3 is 20.0 Å². The lowest BCUT2D eigenvalue weighted by molar-refractivity contribution is 0.0678. The van der Waals surface area contributed by atoms with E-state index in [1.807, 2.05) is 0 Å². The van der Waals surface area contributed by atoms with Crippen LogP contribution in [0, 0.1) is 23.5 Å². The summed E-state index contributed by atoms with van der Waals surface area (Å²) in [5.41, 5.74) is -0.265. The molecule has 0 unspecified atom stereocenters. The Balaban J connectivity index is 1.66. The predicted molar refractivity (Wildman–Crippen MR) is 88.0 cm³/mol. The molecular formula is C18H24F2N2O3. The maximum Gasteiger partial charge on any atom is 0.256 e. The molecule has 2 saturated heterocycles. The summed E-state index contributed by atoms with van der Waals surface area (Å²) < 4.78 is 27.2. The van der Waals surface area contributed by atoms with E-state index in [9.17, 15) is 23.8 Å². The van der Waals surface area contributed by atoms with Gasteiger partial charge in [0.1, 0.15) is 11.6 Å². The van der Waals surface area contributed by atoms with Crippen LogP contribution >= 0.6 is 0 Å². The van der Waals surface area contributed by atoms with E-state index in [2.05, 4.69) is 4.90 Å². The molecule has 1 amide bonds. The molecule has 2 heterocycles. The molecule has 2 aliphatic rings. The zero-order valence-electron chi connectivity index (χ0n) is 14.1. The average molecular weight is 354 g/mol. The van der Waals surface area contributed by atoms with Crippen LogP contribution in [0.15, 0.2) is 18.2 Å². The normalized spacial score (nSPS) is 25.5. The molecule has 2 fully saturated rings. The van der Waals surface area contributed by atoms with E-state index < -0.39 is 17.5 Å². The Hall–Kier alpha value is -1.57. The van der Waals surface area contributed by atoms with Gasteiger partial charge in [0.25, 0.3) is 5.91 Å². The highest BCUT2D eigenvalue weighted by Gasteiger charge is 2.37. The van der Waals surface area contributed by atoms with Gasteiger partial charge in [-0.1, -0.05) is 0 Å². The van der Waals surface area contributed by atoms with Crippen LogP contribution in [0.2, 0.25) is 0 Å². The van der Waals surface area contributed by atoms with E-state index in [1.54, 1.807) is 0 Å². The largest absolute Gasteiger partial charge is 0.396 e. The number of likely N-dealkylation sites (tertiary alicyclic amines) is 2. The van der Waals surface area contributed by atoms with Crippen LogP contribution in [0.5, 0.6) is 0 Å². The van der Waals surface area contributed by atoms with E-state index >= 15 is 0 Å². The van der Waals surface area contributed by atoms with Gasteiger partial charge in [0.15, 0.2) is 0 Å². The molecule has 2 aliphatic heterocycles. The Bertz CT molecular complexity index is 620. The lowest BCUT2D eigenvalue weighted by Gasteiger charge is -2.32. The van der Waals surface area contributed by atoms with Gasteiger partial charge in [-0.3, -0.25) is 4.79 Å². The number of carbonyl (C=O) groups excluding carboxylic acids is 1. The molecule has 1 aromatic carbocycles. The van der Waals surface area contributed by atoms with E-state index in [4.69, 9.17) is 0 Å². The quantitative estimate of drug-likeness (QED) is 0.850. The van der Waals surface area contributed by atoms with Crippen molar-refractivity contribution in [3.8, 4) is 0 Å². The maximum absolute atomic E-state index is 13.9. The standard InChI is InChI=1S/C18H24F2N2O3/c19-14-1-2-17(20)16(7-14)18(25)22-9-12(13(10-22)11-23)8-21-5-3-15(24)4-6-21/h1-2,7,12-13,15,23-24H,3-6,8-11H2/t12-,13-/m1/s1. The zero-order valence-corrected chi connectivity index (χ0v) is 14.1. The summed E-state index contributed by atoms with van der Waals surface area (Å²) in [5, 5.41) is 19.2. The first-order chi connectivity index (χ1) is 12.0. The zero-order chi connectivity index (χ0) is 18.0. The van der Waals surface area contributed by atoms with Crippen molar-refractivity contribution in [1.29, 1.82) is 0 Å². The van der Waals surface area contributed by atoms with Crippen LogP contribution in [-0.4, -0.2) is 71.4 Å². The first-order valence-corrected chi connectivity index (χ1v) is 8.73. The van der Waals surface area contributed by atoms with Crippen LogP contribution in [0.25, 0.3) is 0 Å². The van der Waals surface area contributed by atoms with E-state index in [0.29, 0.717) is 13.1 Å². The number of piperidine rings is 1. The monoisotopic (exact) mass is 354 g/mol. The fourth-order valence-electron chi connectivity index (χ4n) is 3.78. The molecule has 138 valence electrons. The second kappa shape index (κ2) is 7.76. The molecule has 2 N–H and O–H groups in total. The summed E-state index contributed by atoms with van der Waals surface area (Å²) in [6.45, 7) is 3.03. The number of hydrogen-bond donors (Lipinski definition) is 2. The summed E-state index contributed by atoms with van der Waals surface area (Å²) in [6, 6.07) is 2.86. The number of benzene rings is 1. The maximum atomic E-state index is 13.9. The van der Waals surface area contributed by atoms with Gasteiger partial charge in [-0.05, 0) is 37.0 Å². The number of amides is 1. The third kappa shape index (κ3) is 4.16.